The van der Waals surface area contributed by atoms with Crippen LogP contribution in [0.4, 0.5) is 0 Å². The third-order valence-corrected chi connectivity index (χ3v) is 4.39. The van der Waals surface area contributed by atoms with E-state index in [-0.39, 0.29) is 17.9 Å². The van der Waals surface area contributed by atoms with Crippen molar-refractivity contribution in [1.82, 2.24) is 9.80 Å². The third-order valence-electron chi connectivity index (χ3n) is 4.39. The average Bonchev–Trinajstić information content (AvgIpc) is 2.89. The van der Waals surface area contributed by atoms with Gasteiger partial charge in [-0.2, -0.15) is 0 Å². The largest absolute Gasteiger partial charge is 0.454 e. The Morgan fingerprint density at radius 1 is 1.38 bits per heavy atom. The van der Waals surface area contributed by atoms with Crippen LogP contribution in [0.2, 0.25) is 0 Å². The number of hydrogen-bond acceptors (Lipinski definition) is 4. The summed E-state index contributed by atoms with van der Waals surface area (Å²) in [5.41, 5.74) is 1.16. The maximum Gasteiger partial charge on any atom is 0.231 e. The number of benzene rings is 1. The van der Waals surface area contributed by atoms with Crippen LogP contribution in [0.5, 0.6) is 11.5 Å². The molecule has 2 heterocycles. The second kappa shape index (κ2) is 5.56. The molecule has 1 amide bonds. The maximum atomic E-state index is 12.3. The van der Waals surface area contributed by atoms with Crippen LogP contribution < -0.4 is 9.47 Å². The van der Waals surface area contributed by atoms with Crippen LogP contribution in [0.15, 0.2) is 18.2 Å². The molecule has 1 aromatic rings. The number of hydrogen-bond donors (Lipinski definition) is 0. The summed E-state index contributed by atoms with van der Waals surface area (Å²) in [6, 6.07) is 6.16. The summed E-state index contributed by atoms with van der Waals surface area (Å²) in [4.78, 5) is 16.4. The summed E-state index contributed by atoms with van der Waals surface area (Å²) in [6.45, 7) is 4.13. The highest BCUT2D eigenvalue weighted by atomic mass is 16.7. The average molecular weight is 290 g/mol. The molecule has 0 N–H and O–H groups in total. The van der Waals surface area contributed by atoms with Crippen molar-refractivity contribution in [3.05, 3.63) is 23.8 Å². The fourth-order valence-corrected chi connectivity index (χ4v) is 2.91. The molecule has 1 unspecified atom stereocenters. The zero-order valence-electron chi connectivity index (χ0n) is 12.8. The lowest BCUT2D eigenvalue weighted by Crippen LogP contribution is -2.53. The highest BCUT2D eigenvalue weighted by Gasteiger charge is 2.33. The molecule has 1 aromatic carbocycles. The van der Waals surface area contributed by atoms with Crippen LogP contribution in [-0.4, -0.2) is 55.7 Å². The molecule has 1 atom stereocenters. The van der Waals surface area contributed by atoms with Crippen LogP contribution in [0, 0.1) is 5.92 Å². The second-order valence-corrected chi connectivity index (χ2v) is 6.11. The molecule has 21 heavy (non-hydrogen) atoms. The Balaban J connectivity index is 1.60. The predicted octanol–water partition coefficient (Wildman–Crippen LogP) is 1.37. The van der Waals surface area contributed by atoms with Gasteiger partial charge in [-0.15, -0.1) is 0 Å². The van der Waals surface area contributed by atoms with Gasteiger partial charge >= 0.3 is 0 Å². The summed E-state index contributed by atoms with van der Waals surface area (Å²) in [6.07, 6.45) is 0.821. The Morgan fingerprint density at radius 3 is 2.81 bits per heavy atom. The molecule has 0 aliphatic carbocycles. The minimum Gasteiger partial charge on any atom is -0.454 e. The number of amides is 1. The Morgan fingerprint density at radius 2 is 2.10 bits per heavy atom. The number of rotatable bonds is 4. The van der Waals surface area contributed by atoms with E-state index in [0.29, 0.717) is 6.79 Å². The van der Waals surface area contributed by atoms with E-state index in [1.807, 2.05) is 37.2 Å². The monoisotopic (exact) mass is 290 g/mol. The molecule has 0 bridgehead atoms. The lowest BCUT2D eigenvalue weighted by molar-refractivity contribution is -0.140. The van der Waals surface area contributed by atoms with E-state index in [2.05, 4.69) is 11.8 Å². The molecule has 1 saturated heterocycles. The SMILES string of the molecule is CC(Cc1ccc2c(c1)OCO2)N(C)C(=O)C1CN(C)C1. The van der Waals surface area contributed by atoms with Crippen molar-refractivity contribution < 1.29 is 14.3 Å². The first-order valence-corrected chi connectivity index (χ1v) is 7.38. The Bertz CT molecular complexity index is 540. The smallest absolute Gasteiger partial charge is 0.231 e. The fourth-order valence-electron chi connectivity index (χ4n) is 2.91. The topological polar surface area (TPSA) is 42.0 Å². The zero-order valence-corrected chi connectivity index (χ0v) is 12.8. The molecule has 5 heteroatoms. The number of fused-ring (bicyclic) bond motifs is 1. The van der Waals surface area contributed by atoms with Crippen molar-refractivity contribution in [2.75, 3.05) is 34.0 Å². The van der Waals surface area contributed by atoms with E-state index in [0.717, 1.165) is 36.6 Å². The number of ether oxygens (including phenoxy) is 2. The van der Waals surface area contributed by atoms with Crippen LogP contribution in [0.1, 0.15) is 12.5 Å². The van der Waals surface area contributed by atoms with Crippen LogP contribution in [0.3, 0.4) is 0 Å². The molecule has 1 fully saturated rings. The number of likely N-dealkylation sites (N-methyl/N-ethyl adjacent to an activating group) is 1. The summed E-state index contributed by atoms with van der Waals surface area (Å²) < 4.78 is 10.7. The van der Waals surface area contributed by atoms with Gasteiger partial charge in [0.2, 0.25) is 12.7 Å². The van der Waals surface area contributed by atoms with E-state index in [4.69, 9.17) is 9.47 Å². The van der Waals surface area contributed by atoms with E-state index in [1.165, 1.54) is 0 Å². The lowest BCUT2D eigenvalue weighted by Gasteiger charge is -2.38. The lowest BCUT2D eigenvalue weighted by atomic mass is 9.98. The molecule has 2 aliphatic heterocycles. The molecule has 5 nitrogen and oxygen atoms in total. The van der Waals surface area contributed by atoms with Crippen molar-refractivity contribution in [3.8, 4) is 11.5 Å². The molecular weight excluding hydrogens is 268 g/mol. The van der Waals surface area contributed by atoms with Crippen molar-refractivity contribution in [2.45, 2.75) is 19.4 Å². The van der Waals surface area contributed by atoms with Gasteiger partial charge in [-0.1, -0.05) is 6.07 Å². The molecule has 114 valence electrons. The summed E-state index contributed by atoms with van der Waals surface area (Å²) >= 11 is 0. The normalized spacial score (nSPS) is 19.2. The Kier molecular flexibility index (Phi) is 3.76. The number of carbonyl (C=O) groups excluding carboxylic acids is 1. The molecule has 0 aromatic heterocycles. The first-order valence-electron chi connectivity index (χ1n) is 7.38. The van der Waals surface area contributed by atoms with Gasteiger partial charge in [0.25, 0.3) is 0 Å². The second-order valence-electron chi connectivity index (χ2n) is 6.11. The van der Waals surface area contributed by atoms with Gasteiger partial charge in [0.15, 0.2) is 11.5 Å². The van der Waals surface area contributed by atoms with Gasteiger partial charge in [0.05, 0.1) is 5.92 Å². The van der Waals surface area contributed by atoms with Gasteiger partial charge in [-0.3, -0.25) is 4.79 Å². The number of carbonyl (C=O) groups is 1. The quantitative estimate of drug-likeness (QED) is 0.840. The van der Waals surface area contributed by atoms with Crippen LogP contribution in [-0.2, 0) is 11.2 Å². The Hall–Kier alpha value is -1.75. The molecular formula is C16H22N2O3. The van der Waals surface area contributed by atoms with Crippen LogP contribution >= 0.6 is 0 Å². The van der Waals surface area contributed by atoms with Crippen molar-refractivity contribution in [3.63, 3.8) is 0 Å². The minimum absolute atomic E-state index is 0.166. The van der Waals surface area contributed by atoms with Crippen molar-refractivity contribution in [1.29, 1.82) is 0 Å². The molecule has 0 saturated carbocycles. The fraction of sp³-hybridized carbons (Fsp3) is 0.562. The number of likely N-dealkylation sites (tertiary alicyclic amines) is 1. The summed E-state index contributed by atoms with van der Waals surface area (Å²) in [7, 11) is 3.94. The summed E-state index contributed by atoms with van der Waals surface area (Å²) in [5, 5.41) is 0. The molecule has 0 radical (unpaired) electrons. The van der Waals surface area contributed by atoms with E-state index in [9.17, 15) is 4.79 Å². The van der Waals surface area contributed by atoms with Gasteiger partial charge in [-0.25, -0.2) is 0 Å². The minimum atomic E-state index is 0.166. The number of nitrogens with zero attached hydrogens (tertiary/aromatic N) is 2. The van der Waals surface area contributed by atoms with E-state index >= 15 is 0 Å². The van der Waals surface area contributed by atoms with E-state index < -0.39 is 0 Å². The van der Waals surface area contributed by atoms with E-state index in [1.54, 1.807) is 0 Å². The first kappa shape index (κ1) is 14.2. The highest BCUT2D eigenvalue weighted by Crippen LogP contribution is 2.33. The molecule has 2 aliphatic rings. The zero-order chi connectivity index (χ0) is 15.0. The standard InChI is InChI=1S/C16H22N2O3/c1-11(18(3)16(19)13-8-17(2)9-13)6-12-4-5-14-15(7-12)21-10-20-14/h4-5,7,11,13H,6,8-10H2,1-3H3. The highest BCUT2D eigenvalue weighted by molar-refractivity contribution is 5.80. The Labute approximate surface area is 125 Å². The molecule has 0 spiro atoms. The van der Waals surface area contributed by atoms with Gasteiger partial charge < -0.3 is 19.3 Å². The van der Waals surface area contributed by atoms with Gasteiger partial charge in [-0.05, 0) is 38.1 Å². The summed E-state index contributed by atoms with van der Waals surface area (Å²) in [5.74, 6) is 2.02. The maximum absolute atomic E-state index is 12.3. The first-order chi connectivity index (χ1) is 10.0. The van der Waals surface area contributed by atoms with Gasteiger partial charge in [0, 0.05) is 26.2 Å². The van der Waals surface area contributed by atoms with Crippen LogP contribution in [0.25, 0.3) is 0 Å². The third kappa shape index (κ3) is 2.83. The van der Waals surface area contributed by atoms with Gasteiger partial charge in [0.1, 0.15) is 0 Å². The van der Waals surface area contributed by atoms with Crippen molar-refractivity contribution >= 4 is 5.91 Å². The van der Waals surface area contributed by atoms with Crippen molar-refractivity contribution in [2.24, 2.45) is 5.92 Å². The molecule has 3 rings (SSSR count). The predicted molar refractivity (Wildman–Crippen MR) is 79.5 cm³/mol.